The topological polar surface area (TPSA) is 46.2 Å². The number of rotatable bonds is 2. The van der Waals surface area contributed by atoms with E-state index in [9.17, 15) is 9.59 Å². The van der Waals surface area contributed by atoms with Crippen molar-refractivity contribution in [2.45, 2.75) is 0 Å². The summed E-state index contributed by atoms with van der Waals surface area (Å²) >= 11 is 0. The summed E-state index contributed by atoms with van der Waals surface area (Å²) in [7, 11) is 1.83. The summed E-state index contributed by atoms with van der Waals surface area (Å²) in [6.07, 6.45) is 1.43. The minimum atomic E-state index is -0.118. The smallest absolute Gasteiger partial charge is 0.194 e. The highest BCUT2D eigenvalue weighted by Crippen LogP contribution is 2.28. The lowest BCUT2D eigenvalue weighted by Crippen LogP contribution is -2.15. The Kier molecular flexibility index (Phi) is 2.95. The van der Waals surface area contributed by atoms with Gasteiger partial charge in [0.1, 0.15) is 0 Å². The molecule has 0 saturated heterocycles. The van der Waals surface area contributed by atoms with Gasteiger partial charge in [0.05, 0.1) is 0 Å². The van der Waals surface area contributed by atoms with Crippen LogP contribution >= 0.6 is 0 Å². The van der Waals surface area contributed by atoms with E-state index in [0.29, 0.717) is 16.7 Å². The van der Waals surface area contributed by atoms with Crippen molar-refractivity contribution in [2.75, 3.05) is 12.4 Å². The first-order valence-corrected chi connectivity index (χ1v) is 6.38. The van der Waals surface area contributed by atoms with Crippen molar-refractivity contribution in [2.24, 2.45) is 0 Å². The number of nitrogens with one attached hydrogen (secondary N) is 1. The lowest BCUT2D eigenvalue weighted by atomic mass is 9.86. The number of fused-ring (bicyclic) bond motifs is 1. The highest BCUT2D eigenvalue weighted by atomic mass is 16.1. The van der Waals surface area contributed by atoms with Crippen LogP contribution in [0.15, 0.2) is 54.6 Å². The fourth-order valence-electron chi connectivity index (χ4n) is 2.35. The molecule has 1 aliphatic carbocycles. The predicted molar refractivity (Wildman–Crippen MR) is 79.1 cm³/mol. The molecule has 0 aromatic heterocycles. The van der Waals surface area contributed by atoms with Gasteiger partial charge in [-0.3, -0.25) is 9.59 Å². The molecule has 0 saturated carbocycles. The third-order valence-corrected chi connectivity index (χ3v) is 3.44. The van der Waals surface area contributed by atoms with Crippen LogP contribution in [0, 0.1) is 0 Å². The molecule has 2 aromatic rings. The van der Waals surface area contributed by atoms with Gasteiger partial charge in [0.15, 0.2) is 11.6 Å². The van der Waals surface area contributed by atoms with Gasteiger partial charge in [-0.2, -0.15) is 0 Å². The SMILES string of the molecule is CNc1ccc(C2=CC(=O)c3ccccc3C2=O)cc1. The van der Waals surface area contributed by atoms with Gasteiger partial charge in [-0.15, -0.1) is 0 Å². The Labute approximate surface area is 116 Å². The maximum absolute atomic E-state index is 12.5. The zero-order valence-corrected chi connectivity index (χ0v) is 11.0. The predicted octanol–water partition coefficient (Wildman–Crippen LogP) is 3.19. The Morgan fingerprint density at radius 1 is 0.850 bits per heavy atom. The zero-order valence-electron chi connectivity index (χ0n) is 11.0. The maximum Gasteiger partial charge on any atom is 0.194 e. The molecule has 0 radical (unpaired) electrons. The van der Waals surface area contributed by atoms with Crippen LogP contribution in [0.25, 0.3) is 5.57 Å². The van der Waals surface area contributed by atoms with Crippen molar-refractivity contribution in [3.05, 3.63) is 71.3 Å². The number of anilines is 1. The molecule has 0 aliphatic heterocycles. The Hall–Kier alpha value is -2.68. The number of allylic oxidation sites excluding steroid dienone is 2. The van der Waals surface area contributed by atoms with E-state index in [0.717, 1.165) is 11.3 Å². The fourth-order valence-corrected chi connectivity index (χ4v) is 2.35. The summed E-state index contributed by atoms with van der Waals surface area (Å²) in [5.74, 6) is -0.217. The maximum atomic E-state index is 12.5. The summed E-state index contributed by atoms with van der Waals surface area (Å²) in [6.45, 7) is 0. The van der Waals surface area contributed by atoms with Crippen LogP contribution in [0.4, 0.5) is 5.69 Å². The molecule has 98 valence electrons. The summed E-state index contributed by atoms with van der Waals surface area (Å²) < 4.78 is 0. The van der Waals surface area contributed by atoms with E-state index >= 15 is 0 Å². The molecule has 3 heteroatoms. The van der Waals surface area contributed by atoms with Gasteiger partial charge in [0.2, 0.25) is 0 Å². The molecular weight excluding hydrogens is 250 g/mol. The minimum Gasteiger partial charge on any atom is -0.388 e. The number of ketones is 2. The van der Waals surface area contributed by atoms with E-state index in [-0.39, 0.29) is 11.6 Å². The third kappa shape index (κ3) is 1.93. The number of Topliss-reactive ketones (excluding diaryl/α,β-unsaturated/α-hetero) is 1. The summed E-state index contributed by atoms with van der Waals surface area (Å²) in [5.41, 5.74) is 3.14. The van der Waals surface area contributed by atoms with Crippen molar-refractivity contribution < 1.29 is 9.59 Å². The Morgan fingerprint density at radius 3 is 2.15 bits per heavy atom. The van der Waals surface area contributed by atoms with Crippen molar-refractivity contribution in [1.29, 1.82) is 0 Å². The highest BCUT2D eigenvalue weighted by molar-refractivity contribution is 6.38. The van der Waals surface area contributed by atoms with Gasteiger partial charge >= 0.3 is 0 Å². The highest BCUT2D eigenvalue weighted by Gasteiger charge is 2.25. The molecule has 20 heavy (non-hydrogen) atoms. The summed E-state index contributed by atoms with van der Waals surface area (Å²) in [5, 5.41) is 3.02. The van der Waals surface area contributed by atoms with E-state index in [4.69, 9.17) is 0 Å². The Balaban J connectivity index is 2.07. The average Bonchev–Trinajstić information content (AvgIpc) is 2.51. The van der Waals surface area contributed by atoms with Crippen LogP contribution in [-0.2, 0) is 0 Å². The molecular formula is C17H13NO2. The van der Waals surface area contributed by atoms with Gasteiger partial charge in [0, 0.05) is 29.4 Å². The Morgan fingerprint density at radius 2 is 1.50 bits per heavy atom. The number of carbonyl (C=O) groups excluding carboxylic acids is 2. The van der Waals surface area contributed by atoms with E-state index in [1.54, 1.807) is 24.3 Å². The van der Waals surface area contributed by atoms with Crippen LogP contribution in [-0.4, -0.2) is 18.6 Å². The molecule has 3 rings (SSSR count). The van der Waals surface area contributed by atoms with E-state index < -0.39 is 0 Å². The second-order valence-electron chi connectivity index (χ2n) is 4.62. The van der Waals surface area contributed by atoms with Gasteiger partial charge in [0.25, 0.3) is 0 Å². The standard InChI is InChI=1S/C17H13NO2/c1-18-12-8-6-11(7-9-12)15-10-16(19)13-4-2-3-5-14(13)17(15)20/h2-10,18H,1H3. The van der Waals surface area contributed by atoms with Crippen molar-refractivity contribution in [1.82, 2.24) is 0 Å². The second kappa shape index (κ2) is 4.78. The molecule has 0 spiro atoms. The lowest BCUT2D eigenvalue weighted by molar-refractivity contribution is 0.100. The largest absolute Gasteiger partial charge is 0.388 e. The van der Waals surface area contributed by atoms with Crippen LogP contribution in [0.2, 0.25) is 0 Å². The summed E-state index contributed by atoms with van der Waals surface area (Å²) in [4.78, 5) is 24.6. The first-order chi connectivity index (χ1) is 9.70. The summed E-state index contributed by atoms with van der Waals surface area (Å²) in [6, 6.07) is 14.4. The first-order valence-electron chi connectivity index (χ1n) is 6.38. The first kappa shape index (κ1) is 12.4. The minimum absolute atomic E-state index is 0.0996. The Bertz CT molecular complexity index is 727. The lowest BCUT2D eigenvalue weighted by Gasteiger charge is -2.15. The van der Waals surface area contributed by atoms with E-state index in [1.807, 2.05) is 31.3 Å². The van der Waals surface area contributed by atoms with Crippen molar-refractivity contribution >= 4 is 22.8 Å². The van der Waals surface area contributed by atoms with E-state index in [1.165, 1.54) is 6.08 Å². The number of hydrogen-bond acceptors (Lipinski definition) is 3. The van der Waals surface area contributed by atoms with Gasteiger partial charge in [-0.1, -0.05) is 36.4 Å². The second-order valence-corrected chi connectivity index (χ2v) is 4.62. The van der Waals surface area contributed by atoms with Gasteiger partial charge < -0.3 is 5.32 Å². The monoisotopic (exact) mass is 263 g/mol. The van der Waals surface area contributed by atoms with Crippen molar-refractivity contribution in [3.63, 3.8) is 0 Å². The van der Waals surface area contributed by atoms with Crippen molar-refractivity contribution in [3.8, 4) is 0 Å². The molecule has 0 unspecified atom stereocenters. The molecule has 0 heterocycles. The van der Waals surface area contributed by atoms with Gasteiger partial charge in [-0.05, 0) is 23.8 Å². The molecule has 0 amide bonds. The quantitative estimate of drug-likeness (QED) is 0.905. The van der Waals surface area contributed by atoms with E-state index in [2.05, 4.69) is 5.32 Å². The average molecular weight is 263 g/mol. The number of hydrogen-bond donors (Lipinski definition) is 1. The van der Waals surface area contributed by atoms with Crippen LogP contribution in [0.1, 0.15) is 26.3 Å². The molecule has 1 N–H and O–H groups in total. The fraction of sp³-hybridized carbons (Fsp3) is 0.0588. The molecule has 3 nitrogen and oxygen atoms in total. The van der Waals surface area contributed by atoms with Crippen LogP contribution < -0.4 is 5.32 Å². The zero-order chi connectivity index (χ0) is 14.1. The molecule has 1 aliphatic rings. The third-order valence-electron chi connectivity index (χ3n) is 3.44. The van der Waals surface area contributed by atoms with Crippen LogP contribution in [0.5, 0.6) is 0 Å². The molecule has 0 fully saturated rings. The number of carbonyl (C=O) groups is 2. The van der Waals surface area contributed by atoms with Crippen LogP contribution in [0.3, 0.4) is 0 Å². The normalized spacial score (nSPS) is 13.8. The molecule has 2 aromatic carbocycles. The molecule has 0 atom stereocenters. The molecule has 0 bridgehead atoms. The number of benzene rings is 2. The van der Waals surface area contributed by atoms with Gasteiger partial charge in [-0.25, -0.2) is 0 Å².